The van der Waals surface area contributed by atoms with Crippen LogP contribution in [0.25, 0.3) is 0 Å². The van der Waals surface area contributed by atoms with Gasteiger partial charge in [-0.1, -0.05) is 24.6 Å². The molecule has 1 aromatic rings. The molecule has 0 radical (unpaired) electrons. The molecule has 0 aliphatic rings. The van der Waals surface area contributed by atoms with Gasteiger partial charge in [0, 0.05) is 23.2 Å². The molecular formula is C13H17ClFNO. The van der Waals surface area contributed by atoms with E-state index >= 15 is 0 Å². The van der Waals surface area contributed by atoms with Gasteiger partial charge in [0.25, 0.3) is 0 Å². The molecular weight excluding hydrogens is 241 g/mol. The monoisotopic (exact) mass is 257 g/mol. The smallest absolute Gasteiger partial charge is 0.127 e. The van der Waals surface area contributed by atoms with E-state index in [0.717, 1.165) is 12.1 Å². The van der Waals surface area contributed by atoms with Crippen molar-refractivity contribution in [2.24, 2.45) is 0 Å². The van der Waals surface area contributed by atoms with Crippen LogP contribution in [0.3, 0.4) is 0 Å². The van der Waals surface area contributed by atoms with E-state index in [1.807, 2.05) is 13.8 Å². The Bertz CT molecular complexity index is 382. The van der Waals surface area contributed by atoms with Crippen LogP contribution in [0.15, 0.2) is 29.8 Å². The van der Waals surface area contributed by atoms with Crippen LogP contribution in [0.2, 0.25) is 0 Å². The van der Waals surface area contributed by atoms with Gasteiger partial charge < -0.3 is 10.1 Å². The Morgan fingerprint density at radius 1 is 1.53 bits per heavy atom. The van der Waals surface area contributed by atoms with Gasteiger partial charge in [0.05, 0.1) is 0 Å². The van der Waals surface area contributed by atoms with Crippen molar-refractivity contribution in [3.63, 3.8) is 0 Å². The average Bonchev–Trinajstić information content (AvgIpc) is 2.30. The lowest BCUT2D eigenvalue weighted by Crippen LogP contribution is -2.18. The lowest BCUT2D eigenvalue weighted by atomic mass is 10.1. The minimum Gasteiger partial charge on any atom is -0.489 e. The third-order valence-electron chi connectivity index (χ3n) is 2.38. The van der Waals surface area contributed by atoms with Crippen molar-refractivity contribution >= 4 is 11.6 Å². The van der Waals surface area contributed by atoms with Gasteiger partial charge in [0.15, 0.2) is 0 Å². The van der Waals surface area contributed by atoms with Crippen molar-refractivity contribution in [3.8, 4) is 5.75 Å². The molecule has 1 atom stereocenters. The molecule has 94 valence electrons. The lowest BCUT2D eigenvalue weighted by Gasteiger charge is -2.17. The van der Waals surface area contributed by atoms with Crippen LogP contribution in [-0.4, -0.2) is 13.2 Å². The Hall–Kier alpha value is -1.06. The topological polar surface area (TPSA) is 21.3 Å². The summed E-state index contributed by atoms with van der Waals surface area (Å²) in [7, 11) is 0. The number of hydrogen-bond acceptors (Lipinski definition) is 2. The minimum atomic E-state index is -0.303. The molecule has 0 saturated carbocycles. The van der Waals surface area contributed by atoms with Crippen LogP contribution in [-0.2, 0) is 0 Å². The normalized spacial score (nSPS) is 12.9. The molecule has 0 spiro atoms. The number of hydrogen-bond donors (Lipinski definition) is 1. The molecule has 1 unspecified atom stereocenters. The van der Waals surface area contributed by atoms with E-state index in [2.05, 4.69) is 5.32 Å². The lowest BCUT2D eigenvalue weighted by molar-refractivity contribution is 0.352. The van der Waals surface area contributed by atoms with Crippen LogP contribution in [0.4, 0.5) is 4.39 Å². The molecule has 17 heavy (non-hydrogen) atoms. The summed E-state index contributed by atoms with van der Waals surface area (Å²) in [5.41, 5.74) is 2.32. The second-order valence-electron chi connectivity index (χ2n) is 3.63. The summed E-state index contributed by atoms with van der Waals surface area (Å²) in [5.74, 6) is 0.246. The number of rotatable bonds is 6. The second kappa shape index (κ2) is 7.30. The fourth-order valence-corrected chi connectivity index (χ4v) is 1.65. The van der Waals surface area contributed by atoms with Gasteiger partial charge in [-0.2, -0.15) is 0 Å². The zero-order valence-corrected chi connectivity index (χ0v) is 10.8. The minimum absolute atomic E-state index is 0.121. The predicted octanol–water partition coefficient (Wildman–Crippen LogP) is 3.63. The molecule has 1 aromatic carbocycles. The second-order valence-corrected chi connectivity index (χ2v) is 3.89. The molecule has 0 fully saturated rings. The SMILES string of the molecule is CCNC(C)c1ccc(F)cc1OCC=CCl. The molecule has 0 amide bonds. The first-order valence-corrected chi connectivity index (χ1v) is 6.03. The van der Waals surface area contributed by atoms with E-state index in [1.54, 1.807) is 12.1 Å². The highest BCUT2D eigenvalue weighted by Gasteiger charge is 2.11. The summed E-state index contributed by atoms with van der Waals surface area (Å²) in [5, 5.41) is 3.27. The molecule has 4 heteroatoms. The van der Waals surface area contributed by atoms with Crippen molar-refractivity contribution in [3.05, 3.63) is 41.2 Å². The molecule has 1 N–H and O–H groups in total. The van der Waals surface area contributed by atoms with Crippen LogP contribution >= 0.6 is 11.6 Å². The summed E-state index contributed by atoms with van der Waals surface area (Å²) < 4.78 is 18.6. The highest BCUT2D eigenvalue weighted by molar-refractivity contribution is 6.25. The molecule has 0 heterocycles. The molecule has 0 aliphatic carbocycles. The Labute approximate surface area is 106 Å². The number of benzene rings is 1. The van der Waals surface area contributed by atoms with Crippen molar-refractivity contribution in [1.29, 1.82) is 0 Å². The van der Waals surface area contributed by atoms with Crippen LogP contribution in [0, 0.1) is 5.82 Å². The first-order valence-electron chi connectivity index (χ1n) is 5.59. The Balaban J connectivity index is 2.86. The van der Waals surface area contributed by atoms with Crippen LogP contribution in [0.5, 0.6) is 5.75 Å². The Morgan fingerprint density at radius 3 is 2.94 bits per heavy atom. The van der Waals surface area contributed by atoms with Crippen LogP contribution in [0.1, 0.15) is 25.5 Å². The molecule has 1 rings (SSSR count). The highest BCUT2D eigenvalue weighted by atomic mass is 35.5. The van der Waals surface area contributed by atoms with E-state index < -0.39 is 0 Å². The van der Waals surface area contributed by atoms with Gasteiger partial charge in [0.1, 0.15) is 18.2 Å². The predicted molar refractivity (Wildman–Crippen MR) is 69.0 cm³/mol. The third kappa shape index (κ3) is 4.36. The standard InChI is InChI=1S/C13H17ClFNO/c1-3-16-10(2)12-6-5-11(15)9-13(12)17-8-4-7-14/h4-7,9-10,16H,3,8H2,1-2H3. The highest BCUT2D eigenvalue weighted by Crippen LogP contribution is 2.26. The van der Waals surface area contributed by atoms with Crippen molar-refractivity contribution < 1.29 is 9.13 Å². The molecule has 0 saturated heterocycles. The third-order valence-corrected chi connectivity index (χ3v) is 2.55. The summed E-state index contributed by atoms with van der Waals surface area (Å²) in [6, 6.07) is 4.69. The van der Waals surface area contributed by atoms with E-state index in [4.69, 9.17) is 16.3 Å². The summed E-state index contributed by atoms with van der Waals surface area (Å²) in [4.78, 5) is 0. The van der Waals surface area contributed by atoms with Crippen molar-refractivity contribution in [2.45, 2.75) is 19.9 Å². The van der Waals surface area contributed by atoms with Gasteiger partial charge in [-0.05, 0) is 25.6 Å². The largest absolute Gasteiger partial charge is 0.489 e. The van der Waals surface area contributed by atoms with Crippen molar-refractivity contribution in [2.75, 3.05) is 13.2 Å². The van der Waals surface area contributed by atoms with Crippen LogP contribution < -0.4 is 10.1 Å². The van der Waals surface area contributed by atoms with Gasteiger partial charge >= 0.3 is 0 Å². The zero-order valence-electron chi connectivity index (χ0n) is 10.0. The van der Waals surface area contributed by atoms with E-state index in [-0.39, 0.29) is 11.9 Å². The van der Waals surface area contributed by atoms with E-state index in [0.29, 0.717) is 12.4 Å². The summed E-state index contributed by atoms with van der Waals surface area (Å²) in [6.45, 7) is 5.22. The van der Waals surface area contributed by atoms with Gasteiger partial charge in [-0.25, -0.2) is 4.39 Å². The van der Waals surface area contributed by atoms with E-state index in [1.165, 1.54) is 17.7 Å². The number of halogens is 2. The molecule has 0 aliphatic heterocycles. The maximum Gasteiger partial charge on any atom is 0.127 e. The maximum atomic E-state index is 13.2. The first kappa shape index (κ1) is 14.0. The fraction of sp³-hybridized carbons (Fsp3) is 0.385. The van der Waals surface area contributed by atoms with E-state index in [9.17, 15) is 4.39 Å². The Kier molecular flexibility index (Phi) is 6.01. The molecule has 0 aromatic heterocycles. The fourth-order valence-electron chi connectivity index (χ4n) is 1.58. The number of ether oxygens (including phenoxy) is 1. The zero-order chi connectivity index (χ0) is 12.7. The quantitative estimate of drug-likeness (QED) is 0.840. The Morgan fingerprint density at radius 2 is 2.29 bits per heavy atom. The summed E-state index contributed by atoms with van der Waals surface area (Å²) >= 11 is 5.40. The average molecular weight is 258 g/mol. The van der Waals surface area contributed by atoms with Gasteiger partial charge in [0.2, 0.25) is 0 Å². The molecule has 0 bridgehead atoms. The van der Waals surface area contributed by atoms with Gasteiger partial charge in [-0.15, -0.1) is 0 Å². The summed E-state index contributed by atoms with van der Waals surface area (Å²) in [6.07, 6.45) is 1.66. The molecule has 2 nitrogen and oxygen atoms in total. The van der Waals surface area contributed by atoms with Crippen molar-refractivity contribution in [1.82, 2.24) is 5.32 Å². The number of nitrogens with one attached hydrogen (secondary N) is 1. The van der Waals surface area contributed by atoms with Gasteiger partial charge in [-0.3, -0.25) is 0 Å². The maximum absolute atomic E-state index is 13.2. The first-order chi connectivity index (χ1) is 8.19.